The van der Waals surface area contributed by atoms with Crippen molar-refractivity contribution in [1.29, 1.82) is 0 Å². The number of hydrogen-bond donors (Lipinski definition) is 0. The summed E-state index contributed by atoms with van der Waals surface area (Å²) in [4.78, 5) is 29.3. The van der Waals surface area contributed by atoms with Gasteiger partial charge in [-0.05, 0) is 43.5 Å². The number of ether oxygens (including phenoxy) is 1. The zero-order valence-electron chi connectivity index (χ0n) is 18.1. The first-order valence-electron chi connectivity index (χ1n) is 10.8. The van der Waals surface area contributed by atoms with Crippen LogP contribution >= 0.6 is 0 Å². The molecule has 9 nitrogen and oxygen atoms in total. The number of piperazine rings is 1. The minimum absolute atomic E-state index is 0.170. The van der Waals surface area contributed by atoms with Crippen LogP contribution in [0, 0.1) is 19.8 Å². The van der Waals surface area contributed by atoms with E-state index in [1.807, 2.05) is 32.0 Å². The molecule has 0 radical (unpaired) electrons. The van der Waals surface area contributed by atoms with Crippen molar-refractivity contribution in [3.05, 3.63) is 29.3 Å². The molecule has 10 heteroatoms. The van der Waals surface area contributed by atoms with Gasteiger partial charge < -0.3 is 14.5 Å². The maximum absolute atomic E-state index is 13.1. The number of carbonyl (C=O) groups is 2. The molecule has 3 aliphatic rings. The molecule has 2 amide bonds. The van der Waals surface area contributed by atoms with Crippen LogP contribution in [-0.2, 0) is 24.5 Å². The van der Waals surface area contributed by atoms with Gasteiger partial charge >= 0.3 is 0 Å². The highest BCUT2D eigenvalue weighted by Gasteiger charge is 2.41. The van der Waals surface area contributed by atoms with Gasteiger partial charge in [0.15, 0.2) is 0 Å². The summed E-state index contributed by atoms with van der Waals surface area (Å²) in [5.41, 5.74) is 3.09. The van der Waals surface area contributed by atoms with Crippen molar-refractivity contribution in [2.45, 2.75) is 20.3 Å². The SMILES string of the molecule is Cc1ccc(N2CCC(C(=O)N3CCN(S(=O)(=O)N4CCOCC4)CC3)C2=O)cc1C. The minimum Gasteiger partial charge on any atom is -0.379 e. The Hall–Kier alpha value is -2.01. The molecule has 1 unspecified atom stereocenters. The lowest BCUT2D eigenvalue weighted by Crippen LogP contribution is -2.56. The monoisotopic (exact) mass is 450 g/mol. The van der Waals surface area contributed by atoms with Crippen molar-refractivity contribution in [3.63, 3.8) is 0 Å². The number of benzene rings is 1. The average molecular weight is 451 g/mol. The number of aryl methyl sites for hydroxylation is 2. The zero-order chi connectivity index (χ0) is 22.2. The van der Waals surface area contributed by atoms with E-state index in [1.54, 1.807) is 9.80 Å². The Balaban J connectivity index is 1.36. The molecule has 0 N–H and O–H groups in total. The third-order valence-electron chi connectivity index (χ3n) is 6.48. The normalized spacial score (nSPS) is 24.1. The lowest BCUT2D eigenvalue weighted by molar-refractivity contribution is -0.140. The second kappa shape index (κ2) is 8.85. The van der Waals surface area contributed by atoms with Gasteiger partial charge in [0, 0.05) is 51.5 Å². The lowest BCUT2D eigenvalue weighted by atomic mass is 10.1. The van der Waals surface area contributed by atoms with E-state index >= 15 is 0 Å². The highest BCUT2D eigenvalue weighted by atomic mass is 32.2. The molecule has 3 fully saturated rings. The molecule has 0 aromatic heterocycles. The second-order valence-electron chi connectivity index (χ2n) is 8.34. The Labute approximate surface area is 183 Å². The summed E-state index contributed by atoms with van der Waals surface area (Å²) in [6.45, 7) is 7.15. The first kappa shape index (κ1) is 22.2. The van der Waals surface area contributed by atoms with Crippen LogP contribution in [0.4, 0.5) is 5.69 Å². The molecule has 0 saturated carbocycles. The van der Waals surface area contributed by atoms with Crippen LogP contribution in [0.25, 0.3) is 0 Å². The maximum atomic E-state index is 13.1. The summed E-state index contributed by atoms with van der Waals surface area (Å²) in [5, 5.41) is 0. The van der Waals surface area contributed by atoms with E-state index in [2.05, 4.69) is 0 Å². The average Bonchev–Trinajstić information content (AvgIpc) is 3.17. The second-order valence-corrected chi connectivity index (χ2v) is 10.3. The van der Waals surface area contributed by atoms with E-state index in [-0.39, 0.29) is 24.9 Å². The predicted molar refractivity (Wildman–Crippen MR) is 116 cm³/mol. The van der Waals surface area contributed by atoms with Gasteiger partial charge in [-0.3, -0.25) is 9.59 Å². The molecular formula is C21H30N4O5S. The Morgan fingerprint density at radius 2 is 1.58 bits per heavy atom. The van der Waals surface area contributed by atoms with Crippen molar-refractivity contribution in [1.82, 2.24) is 13.5 Å². The van der Waals surface area contributed by atoms with Crippen LogP contribution in [0.1, 0.15) is 17.5 Å². The molecule has 0 aliphatic carbocycles. The topological polar surface area (TPSA) is 90.5 Å². The summed E-state index contributed by atoms with van der Waals surface area (Å²) in [6, 6.07) is 5.89. The van der Waals surface area contributed by atoms with E-state index in [1.165, 1.54) is 8.61 Å². The summed E-state index contributed by atoms with van der Waals surface area (Å²) < 4.78 is 33.7. The summed E-state index contributed by atoms with van der Waals surface area (Å²) in [5.74, 6) is -1.06. The van der Waals surface area contributed by atoms with Crippen LogP contribution in [0.3, 0.4) is 0 Å². The van der Waals surface area contributed by atoms with Gasteiger partial charge in [0.1, 0.15) is 5.92 Å². The summed E-state index contributed by atoms with van der Waals surface area (Å²) >= 11 is 0. The van der Waals surface area contributed by atoms with E-state index < -0.39 is 16.1 Å². The van der Waals surface area contributed by atoms with E-state index in [9.17, 15) is 18.0 Å². The number of rotatable bonds is 4. The van der Waals surface area contributed by atoms with Crippen LogP contribution in [0.2, 0.25) is 0 Å². The molecule has 0 bridgehead atoms. The highest BCUT2D eigenvalue weighted by molar-refractivity contribution is 7.86. The quantitative estimate of drug-likeness (QED) is 0.619. The highest BCUT2D eigenvalue weighted by Crippen LogP contribution is 2.28. The molecule has 1 aromatic rings. The number of anilines is 1. The van der Waals surface area contributed by atoms with Crippen LogP contribution < -0.4 is 4.90 Å². The molecule has 170 valence electrons. The molecule has 3 heterocycles. The molecule has 1 atom stereocenters. The van der Waals surface area contributed by atoms with Gasteiger partial charge in [-0.25, -0.2) is 0 Å². The predicted octanol–water partition coefficient (Wildman–Crippen LogP) is 0.378. The summed E-state index contributed by atoms with van der Waals surface area (Å²) in [6.07, 6.45) is 0.483. The van der Waals surface area contributed by atoms with E-state index in [4.69, 9.17) is 4.74 Å². The number of nitrogens with zero attached hydrogens (tertiary/aromatic N) is 4. The van der Waals surface area contributed by atoms with Gasteiger partial charge in [-0.2, -0.15) is 17.0 Å². The number of hydrogen-bond acceptors (Lipinski definition) is 5. The first-order valence-corrected chi connectivity index (χ1v) is 12.2. The number of amides is 2. The fraction of sp³-hybridized carbons (Fsp3) is 0.619. The Kier molecular flexibility index (Phi) is 6.34. The van der Waals surface area contributed by atoms with Gasteiger partial charge in [-0.15, -0.1) is 0 Å². The van der Waals surface area contributed by atoms with Crippen molar-refractivity contribution < 1.29 is 22.7 Å². The molecule has 3 aliphatic heterocycles. The largest absolute Gasteiger partial charge is 0.379 e. The number of morpholine rings is 1. The van der Waals surface area contributed by atoms with E-state index in [0.29, 0.717) is 52.4 Å². The standard InChI is InChI=1S/C21H30N4O5S/c1-16-3-4-18(15-17(16)2)25-6-5-19(21(25)27)20(26)22-7-9-23(10-8-22)31(28,29)24-11-13-30-14-12-24/h3-4,15,19H,5-14H2,1-2H3. The van der Waals surface area contributed by atoms with Crippen molar-refractivity contribution in [3.8, 4) is 0 Å². The first-order chi connectivity index (χ1) is 14.8. The Morgan fingerprint density at radius 3 is 2.23 bits per heavy atom. The smallest absolute Gasteiger partial charge is 0.282 e. The van der Waals surface area contributed by atoms with Crippen molar-refractivity contribution in [2.75, 3.05) is 63.9 Å². The van der Waals surface area contributed by atoms with Crippen molar-refractivity contribution >= 4 is 27.7 Å². The fourth-order valence-corrected chi connectivity index (χ4v) is 5.92. The van der Waals surface area contributed by atoms with Gasteiger partial charge in [0.25, 0.3) is 10.2 Å². The lowest BCUT2D eigenvalue weighted by Gasteiger charge is -2.38. The molecular weight excluding hydrogens is 420 g/mol. The van der Waals surface area contributed by atoms with Crippen LogP contribution in [0.15, 0.2) is 18.2 Å². The Morgan fingerprint density at radius 1 is 0.935 bits per heavy atom. The molecule has 1 aromatic carbocycles. The molecule has 31 heavy (non-hydrogen) atoms. The van der Waals surface area contributed by atoms with E-state index in [0.717, 1.165) is 16.8 Å². The van der Waals surface area contributed by atoms with Gasteiger partial charge in [-0.1, -0.05) is 6.07 Å². The van der Waals surface area contributed by atoms with Gasteiger partial charge in [0.2, 0.25) is 11.8 Å². The Bertz CT molecular complexity index is 953. The third-order valence-corrected chi connectivity index (χ3v) is 8.51. The third kappa shape index (κ3) is 4.34. The van der Waals surface area contributed by atoms with Crippen molar-refractivity contribution in [2.24, 2.45) is 5.92 Å². The summed E-state index contributed by atoms with van der Waals surface area (Å²) in [7, 11) is -3.54. The number of carbonyl (C=O) groups excluding carboxylic acids is 2. The zero-order valence-corrected chi connectivity index (χ0v) is 18.9. The fourth-order valence-electron chi connectivity index (χ4n) is 4.36. The van der Waals surface area contributed by atoms with Gasteiger partial charge in [0.05, 0.1) is 13.2 Å². The minimum atomic E-state index is -3.54. The molecule has 4 rings (SSSR count). The van der Waals surface area contributed by atoms with Crippen LogP contribution in [-0.4, -0.2) is 92.8 Å². The molecule has 0 spiro atoms. The molecule has 3 saturated heterocycles. The van der Waals surface area contributed by atoms with Crippen LogP contribution in [0.5, 0.6) is 0 Å². The maximum Gasteiger partial charge on any atom is 0.282 e.